The van der Waals surface area contributed by atoms with Gasteiger partial charge in [0.05, 0.1) is 0 Å². The molecule has 8 heteroatoms. The Morgan fingerprint density at radius 1 is 1.24 bits per heavy atom. The van der Waals surface area contributed by atoms with E-state index in [1.165, 1.54) is 48.8 Å². The predicted octanol–water partition coefficient (Wildman–Crippen LogP) is 1.35. The summed E-state index contributed by atoms with van der Waals surface area (Å²) < 4.78 is 31.4. The molecule has 0 bridgehead atoms. The van der Waals surface area contributed by atoms with E-state index >= 15 is 0 Å². The number of aromatic nitrogens is 1. The van der Waals surface area contributed by atoms with Crippen LogP contribution in [0.5, 0.6) is 5.75 Å². The van der Waals surface area contributed by atoms with Crippen LogP contribution < -0.4 is 9.46 Å². The molecule has 0 unspecified atom stereocenters. The van der Waals surface area contributed by atoms with Gasteiger partial charge in [-0.3, -0.25) is 9.71 Å². The minimum atomic E-state index is -3.70. The number of carboxylic acids is 1. The van der Waals surface area contributed by atoms with Crippen molar-refractivity contribution in [2.75, 3.05) is 11.3 Å². The fraction of sp³-hybridized carbons (Fsp3) is 0.0769. The van der Waals surface area contributed by atoms with Crippen molar-refractivity contribution in [2.45, 2.75) is 4.90 Å². The molecule has 2 N–H and O–H groups in total. The number of anilines is 1. The Balaban J connectivity index is 2.08. The number of aliphatic carboxylic acids is 1. The average molecular weight is 308 g/mol. The van der Waals surface area contributed by atoms with Gasteiger partial charge in [0.25, 0.3) is 10.0 Å². The van der Waals surface area contributed by atoms with Gasteiger partial charge in [-0.2, -0.15) is 0 Å². The molecule has 0 amide bonds. The summed E-state index contributed by atoms with van der Waals surface area (Å²) in [5.41, 5.74) is 0.335. The molecule has 0 aliphatic heterocycles. The van der Waals surface area contributed by atoms with Crippen molar-refractivity contribution in [3.05, 3.63) is 48.8 Å². The largest absolute Gasteiger partial charge is 0.482 e. The van der Waals surface area contributed by atoms with E-state index in [4.69, 9.17) is 9.84 Å². The molecule has 0 atom stereocenters. The standard InChI is InChI=1S/C13H12N2O5S/c16-13(17)9-20-11-5-3-10(4-6-11)15-21(18,19)12-2-1-7-14-8-12/h1-8,15H,9H2,(H,16,17). The Hall–Kier alpha value is -2.61. The summed E-state index contributed by atoms with van der Waals surface area (Å²) in [5, 5.41) is 8.49. The monoisotopic (exact) mass is 308 g/mol. The normalized spacial score (nSPS) is 10.9. The van der Waals surface area contributed by atoms with Crippen LogP contribution in [0.25, 0.3) is 0 Å². The highest BCUT2D eigenvalue weighted by atomic mass is 32.2. The molecule has 0 aliphatic carbocycles. The summed E-state index contributed by atoms with van der Waals surface area (Å²) in [6, 6.07) is 8.86. The Morgan fingerprint density at radius 2 is 1.95 bits per heavy atom. The minimum Gasteiger partial charge on any atom is -0.482 e. The Morgan fingerprint density at radius 3 is 2.52 bits per heavy atom. The quantitative estimate of drug-likeness (QED) is 0.834. The number of nitrogens with zero attached hydrogens (tertiary/aromatic N) is 1. The summed E-state index contributed by atoms with van der Waals surface area (Å²) in [5.74, 6) is -0.752. The number of ether oxygens (including phenoxy) is 1. The third kappa shape index (κ3) is 4.18. The SMILES string of the molecule is O=C(O)COc1ccc(NS(=O)(=O)c2cccnc2)cc1. The van der Waals surface area contributed by atoms with Crippen molar-refractivity contribution in [1.82, 2.24) is 4.98 Å². The molecular weight excluding hydrogens is 296 g/mol. The molecule has 7 nitrogen and oxygen atoms in total. The van der Waals surface area contributed by atoms with Crippen LogP contribution in [0, 0.1) is 0 Å². The van der Waals surface area contributed by atoms with Gasteiger partial charge in [-0.15, -0.1) is 0 Å². The maximum Gasteiger partial charge on any atom is 0.341 e. The fourth-order valence-electron chi connectivity index (χ4n) is 1.48. The molecule has 0 saturated carbocycles. The van der Waals surface area contributed by atoms with Crippen LogP contribution in [0.1, 0.15) is 0 Å². The summed E-state index contributed by atoms with van der Waals surface area (Å²) in [6.07, 6.45) is 2.72. The number of carbonyl (C=O) groups is 1. The van der Waals surface area contributed by atoms with Crippen LogP contribution in [0.2, 0.25) is 0 Å². The topological polar surface area (TPSA) is 106 Å². The second-order valence-corrected chi connectivity index (χ2v) is 5.68. The van der Waals surface area contributed by atoms with Gasteiger partial charge >= 0.3 is 5.97 Å². The number of rotatable bonds is 6. The highest BCUT2D eigenvalue weighted by molar-refractivity contribution is 7.92. The van der Waals surface area contributed by atoms with Gasteiger partial charge in [-0.25, -0.2) is 13.2 Å². The van der Waals surface area contributed by atoms with Gasteiger partial charge in [-0.1, -0.05) is 0 Å². The molecule has 0 aliphatic rings. The molecule has 0 fully saturated rings. The van der Waals surface area contributed by atoms with Crippen LogP contribution in [0.4, 0.5) is 5.69 Å². The van der Waals surface area contributed by atoms with E-state index in [2.05, 4.69) is 9.71 Å². The Kier molecular flexibility index (Phi) is 4.39. The van der Waals surface area contributed by atoms with Crippen LogP contribution in [0.3, 0.4) is 0 Å². The van der Waals surface area contributed by atoms with Gasteiger partial charge in [0.2, 0.25) is 0 Å². The van der Waals surface area contributed by atoms with Crippen LogP contribution in [0.15, 0.2) is 53.7 Å². The number of hydrogen-bond donors (Lipinski definition) is 2. The number of hydrogen-bond acceptors (Lipinski definition) is 5. The van der Waals surface area contributed by atoms with Crippen molar-refractivity contribution in [1.29, 1.82) is 0 Å². The van der Waals surface area contributed by atoms with Crippen molar-refractivity contribution in [3.8, 4) is 5.75 Å². The molecule has 21 heavy (non-hydrogen) atoms. The lowest BCUT2D eigenvalue weighted by Gasteiger charge is -2.08. The first-order chi connectivity index (χ1) is 9.97. The molecule has 110 valence electrons. The van der Waals surface area contributed by atoms with Gasteiger partial charge < -0.3 is 9.84 Å². The van der Waals surface area contributed by atoms with Crippen LogP contribution in [-0.4, -0.2) is 31.1 Å². The van der Waals surface area contributed by atoms with Crippen LogP contribution >= 0.6 is 0 Å². The molecule has 1 aromatic heterocycles. The van der Waals surface area contributed by atoms with Crippen LogP contribution in [-0.2, 0) is 14.8 Å². The average Bonchev–Trinajstić information content (AvgIpc) is 2.47. The summed E-state index contributed by atoms with van der Waals surface area (Å²) >= 11 is 0. The van der Waals surface area contributed by atoms with Crippen molar-refractivity contribution in [3.63, 3.8) is 0 Å². The lowest BCUT2D eigenvalue weighted by molar-refractivity contribution is -0.139. The summed E-state index contributed by atoms with van der Waals surface area (Å²) in [6.45, 7) is -0.458. The van der Waals surface area contributed by atoms with Gasteiger partial charge in [0, 0.05) is 18.1 Å². The molecule has 0 radical (unpaired) electrons. The molecule has 0 saturated heterocycles. The van der Waals surface area contributed by atoms with Crippen molar-refractivity contribution >= 4 is 21.7 Å². The number of pyridine rings is 1. The van der Waals surface area contributed by atoms with E-state index in [1.807, 2.05) is 0 Å². The van der Waals surface area contributed by atoms with E-state index in [1.54, 1.807) is 0 Å². The van der Waals surface area contributed by atoms with Gasteiger partial charge in [0.15, 0.2) is 6.61 Å². The number of carboxylic acid groups (broad SMARTS) is 1. The fourth-order valence-corrected chi connectivity index (χ4v) is 2.51. The van der Waals surface area contributed by atoms with Gasteiger partial charge in [0.1, 0.15) is 10.6 Å². The van der Waals surface area contributed by atoms with E-state index in [-0.39, 0.29) is 4.90 Å². The highest BCUT2D eigenvalue weighted by Gasteiger charge is 2.13. The second-order valence-electron chi connectivity index (χ2n) is 4.00. The lowest BCUT2D eigenvalue weighted by Crippen LogP contribution is -2.13. The van der Waals surface area contributed by atoms with Crippen molar-refractivity contribution < 1.29 is 23.1 Å². The maximum atomic E-state index is 12.0. The summed E-state index contributed by atoms with van der Waals surface area (Å²) in [4.78, 5) is 14.2. The van der Waals surface area contributed by atoms with E-state index in [0.29, 0.717) is 11.4 Å². The molecule has 1 heterocycles. The van der Waals surface area contributed by atoms with Gasteiger partial charge in [-0.05, 0) is 36.4 Å². The Bertz CT molecular complexity index is 714. The lowest BCUT2D eigenvalue weighted by atomic mass is 10.3. The van der Waals surface area contributed by atoms with Crippen molar-refractivity contribution in [2.24, 2.45) is 0 Å². The van der Waals surface area contributed by atoms with E-state index in [0.717, 1.165) is 0 Å². The Labute approximate surface area is 121 Å². The zero-order valence-electron chi connectivity index (χ0n) is 10.8. The predicted molar refractivity (Wildman–Crippen MR) is 74.6 cm³/mol. The summed E-state index contributed by atoms with van der Waals surface area (Å²) in [7, 11) is -3.70. The minimum absolute atomic E-state index is 0.0520. The first-order valence-electron chi connectivity index (χ1n) is 5.85. The molecule has 1 aromatic carbocycles. The zero-order valence-corrected chi connectivity index (χ0v) is 11.6. The zero-order chi connectivity index (χ0) is 15.3. The number of sulfonamides is 1. The molecular formula is C13H12N2O5S. The maximum absolute atomic E-state index is 12.0. The first kappa shape index (κ1) is 14.8. The smallest absolute Gasteiger partial charge is 0.341 e. The molecule has 2 aromatic rings. The number of nitrogens with one attached hydrogen (secondary N) is 1. The van der Waals surface area contributed by atoms with E-state index in [9.17, 15) is 13.2 Å². The third-order valence-electron chi connectivity index (χ3n) is 2.41. The second kappa shape index (κ2) is 6.23. The third-order valence-corrected chi connectivity index (χ3v) is 3.78. The highest BCUT2D eigenvalue weighted by Crippen LogP contribution is 2.19. The number of benzene rings is 1. The molecule has 0 spiro atoms. The van der Waals surface area contributed by atoms with E-state index < -0.39 is 22.6 Å². The molecule has 2 rings (SSSR count). The first-order valence-corrected chi connectivity index (χ1v) is 7.33.